The fourth-order valence-electron chi connectivity index (χ4n) is 19.5. The van der Waals surface area contributed by atoms with Gasteiger partial charge in [0.1, 0.15) is 48.8 Å². The standard InChI is InChI=1S/4C27H33Cl2NO6S/c4*1-6-21(16(2)37(34,35)27(3,4)5)30-24(17-10-12-19(28)13-11-17)25(18-8-7-9-20(29)14-18)36-22(26(30)33)15-23(31)32/h4*7-14,16,21-22,24-25H,6,15H2,1-5H3,(H,31,32)/t16-,21+,22+,24-,25-;16-,21+,22-,24-,25-;16-,21-,22+,24+,25+;16-,21-,22-,24+,25+/m1100/s1. The summed E-state index contributed by atoms with van der Waals surface area (Å²) in [4.78, 5) is 109. The van der Waals surface area contributed by atoms with Gasteiger partial charge in [0.05, 0.1) is 89.8 Å². The quantitative estimate of drug-likeness (QED) is 0.0304. The molecule has 0 spiro atoms. The number of sulfone groups is 4. The number of nitrogens with zero attached hydrogens (tertiary/aromatic N) is 4. The van der Waals surface area contributed by atoms with E-state index in [-0.39, 0.29) is 0 Å². The summed E-state index contributed by atoms with van der Waals surface area (Å²) in [7, 11) is -14.8. The molecule has 0 bridgehead atoms. The highest BCUT2D eigenvalue weighted by Crippen LogP contribution is 2.53. The average molecular weight is 2280 g/mol. The van der Waals surface area contributed by atoms with E-state index in [2.05, 4.69) is 0 Å². The Morgan fingerprint density at radius 3 is 0.554 bits per heavy atom. The molecular formula is C108H132Cl8N4O24S4. The number of carboxylic acid groups (broad SMARTS) is 4. The van der Waals surface area contributed by atoms with Crippen molar-refractivity contribution in [2.24, 2.45) is 0 Å². The molecule has 8 aromatic carbocycles. The van der Waals surface area contributed by atoms with Crippen molar-refractivity contribution >= 4 is 180 Å². The van der Waals surface area contributed by atoms with Gasteiger partial charge in [0.25, 0.3) is 23.6 Å². The summed E-state index contributed by atoms with van der Waals surface area (Å²) in [5.74, 6) is -7.06. The van der Waals surface area contributed by atoms with Crippen molar-refractivity contribution < 1.29 is 111 Å². The summed E-state index contributed by atoms with van der Waals surface area (Å²) in [5, 5.41) is 38.2. The Hall–Kier alpha value is -8.52. The number of carbonyl (C=O) groups excluding carboxylic acids is 4. The lowest BCUT2D eigenvalue weighted by Crippen LogP contribution is -2.59. The molecular weight excluding hydrogens is 2150 g/mol. The van der Waals surface area contributed by atoms with Crippen molar-refractivity contribution in [3.63, 3.8) is 0 Å². The van der Waals surface area contributed by atoms with Crippen molar-refractivity contribution in [2.45, 2.75) is 327 Å². The van der Waals surface area contributed by atoms with Crippen LogP contribution in [0.5, 0.6) is 0 Å². The molecule has 4 N–H and O–H groups in total. The van der Waals surface area contributed by atoms with Gasteiger partial charge in [0.15, 0.2) is 39.3 Å². The van der Waals surface area contributed by atoms with Crippen molar-refractivity contribution in [3.05, 3.63) is 279 Å². The normalized spacial score (nSPS) is 22.5. The van der Waals surface area contributed by atoms with E-state index in [1.165, 1.54) is 19.6 Å². The van der Waals surface area contributed by atoms with Gasteiger partial charge in [0.2, 0.25) is 0 Å². The minimum absolute atomic E-state index is 0.328. The molecule has 0 aromatic heterocycles. The molecule has 4 heterocycles. The van der Waals surface area contributed by atoms with Crippen molar-refractivity contribution in [3.8, 4) is 0 Å². The number of morpholine rings is 4. The molecule has 20 atom stereocenters. The highest BCUT2D eigenvalue weighted by atomic mass is 35.5. The van der Waals surface area contributed by atoms with E-state index >= 15 is 0 Å². The van der Waals surface area contributed by atoms with Gasteiger partial charge in [-0.25, -0.2) is 33.7 Å². The van der Waals surface area contributed by atoms with Gasteiger partial charge in [-0.1, -0.05) is 218 Å². The number of carboxylic acids is 4. The van der Waals surface area contributed by atoms with E-state index in [9.17, 15) is 92.5 Å². The van der Waals surface area contributed by atoms with Crippen LogP contribution in [0.4, 0.5) is 0 Å². The highest BCUT2D eigenvalue weighted by Gasteiger charge is 2.57. The molecule has 0 saturated carbocycles. The van der Waals surface area contributed by atoms with Crippen molar-refractivity contribution in [1.82, 2.24) is 19.6 Å². The Kier molecular flexibility index (Phi) is 42.0. The summed E-state index contributed by atoms with van der Waals surface area (Å²) in [6.07, 6.45) is -9.35. The summed E-state index contributed by atoms with van der Waals surface area (Å²) in [6, 6.07) is 49.4. The van der Waals surface area contributed by atoms with Crippen LogP contribution in [0.2, 0.25) is 40.2 Å². The number of hydrogen-bond donors (Lipinski definition) is 4. The van der Waals surface area contributed by atoms with E-state index in [1.54, 1.807) is 305 Å². The van der Waals surface area contributed by atoms with Gasteiger partial charge < -0.3 is 59.0 Å². The first-order valence-corrected chi connectivity index (χ1v) is 57.7. The van der Waals surface area contributed by atoms with Crippen LogP contribution in [0.15, 0.2) is 194 Å². The van der Waals surface area contributed by atoms with Gasteiger partial charge in [-0.2, -0.15) is 0 Å². The summed E-state index contributed by atoms with van der Waals surface area (Å²) in [5.41, 5.74) is 5.27. The number of hydrogen-bond acceptors (Lipinski definition) is 20. The topological polar surface area (TPSA) is 404 Å². The van der Waals surface area contributed by atoms with Gasteiger partial charge in [-0.3, -0.25) is 38.4 Å². The predicted octanol–water partition coefficient (Wildman–Crippen LogP) is 23.4. The zero-order valence-electron chi connectivity index (χ0n) is 86.1. The van der Waals surface area contributed by atoms with Crippen molar-refractivity contribution in [2.75, 3.05) is 0 Å². The van der Waals surface area contributed by atoms with E-state index < -0.39 is 250 Å². The minimum atomic E-state index is -3.70. The first kappa shape index (κ1) is 123. The van der Waals surface area contributed by atoms with Crippen LogP contribution in [0, 0.1) is 0 Å². The zero-order chi connectivity index (χ0) is 111. The molecule has 4 aliphatic rings. The summed E-state index contributed by atoms with van der Waals surface area (Å²) < 4.78 is 129. The first-order valence-electron chi connectivity index (χ1n) is 48.5. The molecule has 4 fully saturated rings. The Morgan fingerprint density at radius 2 is 0.426 bits per heavy atom. The number of benzene rings is 8. The average Bonchev–Trinajstić information content (AvgIpc) is 0.752. The number of ether oxygens (including phenoxy) is 4. The van der Waals surface area contributed by atoms with Gasteiger partial charge in [0, 0.05) is 64.3 Å². The van der Waals surface area contributed by atoms with Gasteiger partial charge >= 0.3 is 23.9 Å². The molecule has 4 saturated heterocycles. The van der Waals surface area contributed by atoms with Crippen LogP contribution in [-0.4, -0.2) is 210 Å². The van der Waals surface area contributed by atoms with E-state index in [0.29, 0.717) is 110 Å². The Morgan fingerprint density at radius 1 is 0.270 bits per heavy atom. The molecule has 4 amide bonds. The maximum Gasteiger partial charge on any atom is 0.306 e. The molecule has 0 unspecified atom stereocenters. The van der Waals surface area contributed by atoms with Gasteiger partial charge in [-0.15, -0.1) is 0 Å². The second kappa shape index (κ2) is 50.6. The number of halogens is 8. The lowest BCUT2D eigenvalue weighted by atomic mass is 9.89. The Bertz CT molecular complexity index is 5750. The minimum Gasteiger partial charge on any atom is -0.481 e. The third-order valence-electron chi connectivity index (χ3n) is 27.3. The number of aliphatic carboxylic acids is 4. The van der Waals surface area contributed by atoms with Crippen LogP contribution in [0.25, 0.3) is 0 Å². The SMILES string of the molecule is CC[C@@H]([C@@H](C)S(=O)(=O)C(C)(C)C)N1C(=O)[C@@H](CC(=O)O)O[C@H](c2cccc(Cl)c2)[C@H]1c1ccc(Cl)cc1.CC[C@@H]([C@@H](C)S(=O)(=O)C(C)(C)C)N1C(=O)[C@H](CC(=O)O)O[C@H](c2cccc(Cl)c2)[C@H]1c1ccc(Cl)cc1.CC[C@@H]([C@H](C)S(=O)(=O)C(C)(C)C)N1C(=O)[C@@H](CC(=O)O)O[C@H](c2cccc(Cl)c2)[C@H]1c1ccc(Cl)cc1.CC[C@@H]([C@H](C)S(=O)(=O)C(C)(C)C)N1C(=O)[C@H](CC(=O)O)O[C@H](c2cccc(Cl)c2)[C@H]1c1ccc(Cl)cc1. The second-order valence-electron chi connectivity index (χ2n) is 41.1. The number of carbonyl (C=O) groups is 8. The molecule has 40 heteroatoms. The monoisotopic (exact) mass is 2280 g/mol. The molecule has 12 rings (SSSR count). The van der Waals surface area contributed by atoms with Crippen molar-refractivity contribution in [1.29, 1.82) is 0 Å². The largest absolute Gasteiger partial charge is 0.481 e. The highest BCUT2D eigenvalue weighted by molar-refractivity contribution is 7.94. The molecule has 808 valence electrons. The van der Waals surface area contributed by atoms with Crippen LogP contribution >= 0.6 is 92.8 Å². The molecule has 148 heavy (non-hydrogen) atoms. The molecule has 4 aliphatic heterocycles. The fraction of sp³-hybridized carbons (Fsp3) is 0.481. The third kappa shape index (κ3) is 28.6. The fourth-order valence-corrected chi connectivity index (χ4v) is 28.2. The second-order valence-corrected chi connectivity index (χ2v) is 56.8. The Balaban J connectivity index is 0.000000219. The van der Waals surface area contributed by atoms with Crippen LogP contribution in [0.3, 0.4) is 0 Å². The van der Waals surface area contributed by atoms with Crippen LogP contribution in [-0.2, 0) is 96.7 Å². The molecule has 0 radical (unpaired) electrons. The van der Waals surface area contributed by atoms with E-state index in [0.717, 1.165) is 0 Å². The molecule has 8 aromatic rings. The van der Waals surface area contributed by atoms with E-state index in [1.807, 2.05) is 27.7 Å². The predicted molar refractivity (Wildman–Crippen MR) is 578 cm³/mol. The number of rotatable bonds is 32. The van der Waals surface area contributed by atoms with Crippen LogP contribution in [0.1, 0.15) is 283 Å². The number of amides is 4. The maximum atomic E-state index is 13.9. The molecule has 0 aliphatic carbocycles. The van der Waals surface area contributed by atoms with Crippen LogP contribution < -0.4 is 0 Å². The summed E-state index contributed by atoms with van der Waals surface area (Å²) in [6.45, 7) is 33.3. The lowest BCUT2D eigenvalue weighted by Gasteiger charge is -2.49. The zero-order valence-corrected chi connectivity index (χ0v) is 95.4. The maximum absolute atomic E-state index is 13.9. The smallest absolute Gasteiger partial charge is 0.306 e. The Labute approximate surface area is 909 Å². The lowest BCUT2D eigenvalue weighted by molar-refractivity contribution is -0.183. The first-order chi connectivity index (χ1) is 68.7. The third-order valence-corrected chi connectivity index (χ3v) is 41.3. The van der Waals surface area contributed by atoms with E-state index in [4.69, 9.17) is 112 Å². The summed E-state index contributed by atoms with van der Waals surface area (Å²) >= 11 is 49.7. The molecule has 28 nitrogen and oxygen atoms in total. The van der Waals surface area contributed by atoms with Gasteiger partial charge in [-0.05, 0) is 278 Å².